The van der Waals surface area contributed by atoms with Gasteiger partial charge >= 0.3 is 0 Å². The Morgan fingerprint density at radius 3 is 1.64 bits per heavy atom. The number of hydrogen-bond acceptors (Lipinski definition) is 0. The minimum atomic E-state index is -0.465. The summed E-state index contributed by atoms with van der Waals surface area (Å²) in [5.41, 5.74) is 25.7. The molecule has 8 aromatic rings. The zero-order chi connectivity index (χ0) is 37.8. The van der Waals surface area contributed by atoms with Crippen molar-refractivity contribution in [3.63, 3.8) is 0 Å². The topological polar surface area (TPSA) is 0 Å². The van der Waals surface area contributed by atoms with E-state index in [1.165, 1.54) is 111 Å². The highest BCUT2D eigenvalue weighted by molar-refractivity contribution is 6.02. The van der Waals surface area contributed by atoms with E-state index in [0.29, 0.717) is 0 Å². The molecule has 0 nitrogen and oxygen atoms in total. The lowest BCUT2D eigenvalue weighted by molar-refractivity contribution is 0.660. The second-order valence-corrected chi connectivity index (χ2v) is 16.6. The van der Waals surface area contributed by atoms with E-state index >= 15 is 0 Å². The summed E-state index contributed by atoms with van der Waals surface area (Å²) >= 11 is 0. The normalized spacial score (nSPS) is 14.8. The van der Waals surface area contributed by atoms with Gasteiger partial charge in [0.1, 0.15) is 0 Å². The van der Waals surface area contributed by atoms with Crippen molar-refractivity contribution in [2.75, 3.05) is 0 Å². The molecule has 266 valence electrons. The molecule has 0 unspecified atom stereocenters. The molecule has 0 heteroatoms. The van der Waals surface area contributed by atoms with Crippen molar-refractivity contribution in [2.45, 2.75) is 38.5 Å². The molecule has 0 saturated heterocycles. The monoisotopic (exact) mass is 714 g/mol. The van der Waals surface area contributed by atoms with Crippen molar-refractivity contribution in [1.29, 1.82) is 0 Å². The smallest absolute Gasteiger partial charge is 0.0622 e. The van der Waals surface area contributed by atoms with Crippen molar-refractivity contribution in [3.05, 3.63) is 237 Å². The third-order valence-corrected chi connectivity index (χ3v) is 13.0. The van der Waals surface area contributed by atoms with Gasteiger partial charge in [0.05, 0.1) is 5.41 Å². The summed E-state index contributed by atoms with van der Waals surface area (Å²) in [6.07, 6.45) is 2.45. The van der Waals surface area contributed by atoms with Crippen LogP contribution in [0.1, 0.15) is 75.0 Å². The molecule has 3 aliphatic rings. The first-order valence-electron chi connectivity index (χ1n) is 19.9. The van der Waals surface area contributed by atoms with Gasteiger partial charge in [-0.2, -0.15) is 0 Å². The molecule has 0 fully saturated rings. The fraction of sp³-hybridized carbons (Fsp3) is 0.107. The van der Waals surface area contributed by atoms with Gasteiger partial charge in [0.2, 0.25) is 0 Å². The summed E-state index contributed by atoms with van der Waals surface area (Å²) in [6.45, 7) is 9.25. The second kappa shape index (κ2) is 12.0. The second-order valence-electron chi connectivity index (χ2n) is 16.6. The van der Waals surface area contributed by atoms with Crippen LogP contribution in [-0.4, -0.2) is 0 Å². The number of fused-ring (bicyclic) bond motifs is 13. The first kappa shape index (κ1) is 32.9. The van der Waals surface area contributed by atoms with E-state index in [4.69, 9.17) is 0 Å². The largest absolute Gasteiger partial charge is 0.0731 e. The van der Waals surface area contributed by atoms with Gasteiger partial charge in [-0.25, -0.2) is 0 Å². The maximum Gasteiger partial charge on any atom is 0.0731 e. The molecule has 0 bridgehead atoms. The summed E-state index contributed by atoms with van der Waals surface area (Å²) in [5, 5.41) is 0. The van der Waals surface area contributed by atoms with Gasteiger partial charge in [0.15, 0.2) is 0 Å². The number of benzene rings is 8. The fourth-order valence-corrected chi connectivity index (χ4v) is 10.5. The van der Waals surface area contributed by atoms with Crippen LogP contribution in [0.25, 0.3) is 56.2 Å². The Kier molecular flexibility index (Phi) is 7.05. The molecule has 0 atom stereocenters. The van der Waals surface area contributed by atoms with Crippen LogP contribution in [0, 0.1) is 13.8 Å². The molecular formula is C56H42. The van der Waals surface area contributed by atoms with Gasteiger partial charge < -0.3 is 0 Å². The van der Waals surface area contributed by atoms with Crippen LogP contribution < -0.4 is 0 Å². The molecule has 0 N–H and O–H groups in total. The predicted octanol–water partition coefficient (Wildman–Crippen LogP) is 14.2. The van der Waals surface area contributed by atoms with Gasteiger partial charge in [-0.3, -0.25) is 0 Å². The zero-order valence-corrected chi connectivity index (χ0v) is 32.3. The SMILES string of the molecule is Cc1ccc2c(c1)C1(c3cc(C)ccc3-2)c2ccccc2-c2cccc(C(=Cc3ccc(-c4ccccc4)cc3)c3ccc4c(c3)C(C)(C)c3ccccc3-4)c21. The lowest BCUT2D eigenvalue weighted by Gasteiger charge is -2.33. The van der Waals surface area contributed by atoms with Gasteiger partial charge in [-0.15, -0.1) is 0 Å². The summed E-state index contributed by atoms with van der Waals surface area (Å²) in [6, 6.07) is 66.4. The number of rotatable bonds is 4. The molecular weight excluding hydrogens is 673 g/mol. The van der Waals surface area contributed by atoms with Crippen molar-refractivity contribution in [3.8, 4) is 44.5 Å². The lowest BCUT2D eigenvalue weighted by atomic mass is 9.68. The summed E-state index contributed by atoms with van der Waals surface area (Å²) in [5.74, 6) is 0. The minimum absolute atomic E-state index is 0.112. The Morgan fingerprint density at radius 2 is 0.946 bits per heavy atom. The highest BCUT2D eigenvalue weighted by Gasteiger charge is 2.53. The van der Waals surface area contributed by atoms with E-state index in [-0.39, 0.29) is 5.41 Å². The Hall–Kier alpha value is -6.50. The molecule has 8 aromatic carbocycles. The van der Waals surface area contributed by atoms with Gasteiger partial charge in [0.25, 0.3) is 0 Å². The summed E-state index contributed by atoms with van der Waals surface area (Å²) in [7, 11) is 0. The highest BCUT2D eigenvalue weighted by atomic mass is 14.5. The average molecular weight is 715 g/mol. The van der Waals surface area contributed by atoms with Crippen molar-refractivity contribution in [2.24, 2.45) is 0 Å². The molecule has 0 amide bonds. The van der Waals surface area contributed by atoms with Crippen LogP contribution in [0.15, 0.2) is 176 Å². The van der Waals surface area contributed by atoms with E-state index in [1.54, 1.807) is 0 Å². The van der Waals surface area contributed by atoms with E-state index in [9.17, 15) is 0 Å². The molecule has 11 rings (SSSR count). The Morgan fingerprint density at radius 1 is 0.411 bits per heavy atom. The minimum Gasteiger partial charge on any atom is -0.0622 e. The molecule has 56 heavy (non-hydrogen) atoms. The standard InChI is InChI=1S/C56H42/c1-35-21-28-44-45-29-22-36(2)32-53(45)56(52(44)31-35)50-20-11-9-16-42(50)46-17-12-18-47(54(46)56)48(33-37-23-25-39(26-24-37)38-13-6-5-7-14-38)40-27-30-43-41-15-8-10-19-49(41)55(3,4)51(43)34-40/h5-34H,1-4H3. The zero-order valence-electron chi connectivity index (χ0n) is 32.3. The van der Waals surface area contributed by atoms with Crippen molar-refractivity contribution in [1.82, 2.24) is 0 Å². The van der Waals surface area contributed by atoms with Crippen molar-refractivity contribution >= 4 is 11.6 Å². The third-order valence-electron chi connectivity index (χ3n) is 13.0. The molecule has 1 spiro atoms. The average Bonchev–Trinajstić information content (AvgIpc) is 3.78. The van der Waals surface area contributed by atoms with Crippen LogP contribution in [0.2, 0.25) is 0 Å². The molecule has 0 aliphatic heterocycles. The highest BCUT2D eigenvalue weighted by Crippen LogP contribution is 2.64. The molecule has 0 saturated carbocycles. The maximum atomic E-state index is 2.50. The lowest BCUT2D eigenvalue weighted by Crippen LogP contribution is -2.27. The molecule has 3 aliphatic carbocycles. The predicted molar refractivity (Wildman–Crippen MR) is 235 cm³/mol. The Bertz CT molecular complexity index is 2880. The molecule has 0 radical (unpaired) electrons. The van der Waals surface area contributed by atoms with E-state index < -0.39 is 5.41 Å². The first-order valence-corrected chi connectivity index (χ1v) is 19.9. The van der Waals surface area contributed by atoms with E-state index in [0.717, 1.165) is 0 Å². The Balaban J connectivity index is 1.21. The van der Waals surface area contributed by atoms with Crippen molar-refractivity contribution < 1.29 is 0 Å². The van der Waals surface area contributed by atoms with Crippen LogP contribution in [0.4, 0.5) is 0 Å². The fourth-order valence-electron chi connectivity index (χ4n) is 10.5. The van der Waals surface area contributed by atoms with Crippen LogP contribution >= 0.6 is 0 Å². The quantitative estimate of drug-likeness (QED) is 0.159. The summed E-state index contributed by atoms with van der Waals surface area (Å²) in [4.78, 5) is 0. The van der Waals surface area contributed by atoms with Gasteiger partial charge in [-0.1, -0.05) is 195 Å². The third kappa shape index (κ3) is 4.53. The van der Waals surface area contributed by atoms with Crippen LogP contribution in [0.5, 0.6) is 0 Å². The summed E-state index contributed by atoms with van der Waals surface area (Å²) < 4.78 is 0. The first-order chi connectivity index (χ1) is 27.3. The number of hydrogen-bond donors (Lipinski definition) is 0. The molecule has 0 aromatic heterocycles. The van der Waals surface area contributed by atoms with Gasteiger partial charge in [0, 0.05) is 5.41 Å². The van der Waals surface area contributed by atoms with Crippen LogP contribution in [0.3, 0.4) is 0 Å². The Labute approximate surface area is 330 Å². The van der Waals surface area contributed by atoms with E-state index in [1.807, 2.05) is 0 Å². The molecule has 0 heterocycles. The van der Waals surface area contributed by atoms with Gasteiger partial charge in [-0.05, 0) is 126 Å². The van der Waals surface area contributed by atoms with E-state index in [2.05, 4.69) is 210 Å². The maximum absolute atomic E-state index is 2.50. The van der Waals surface area contributed by atoms with Crippen LogP contribution in [-0.2, 0) is 10.8 Å². The number of aryl methyl sites for hydroxylation is 2.